The second-order valence-electron chi connectivity index (χ2n) is 5.35. The van der Waals surface area contributed by atoms with E-state index in [1.807, 2.05) is 54.6 Å². The van der Waals surface area contributed by atoms with Gasteiger partial charge in [0.15, 0.2) is 17.2 Å². The molecule has 0 radical (unpaired) electrons. The summed E-state index contributed by atoms with van der Waals surface area (Å²) >= 11 is 6.34. The summed E-state index contributed by atoms with van der Waals surface area (Å²) in [6.45, 7) is 1.50. The van der Waals surface area contributed by atoms with Crippen molar-refractivity contribution in [2.45, 2.75) is 13.1 Å². The first-order valence-corrected chi connectivity index (χ1v) is 7.61. The van der Waals surface area contributed by atoms with Crippen LogP contribution in [0.25, 0.3) is 0 Å². The summed E-state index contributed by atoms with van der Waals surface area (Å²) < 4.78 is 0. The first-order chi connectivity index (χ1) is 11.2. The van der Waals surface area contributed by atoms with Crippen molar-refractivity contribution in [1.29, 1.82) is 0 Å². The molecular formula is C17H13ClN4O. The minimum Gasteiger partial charge on any atom is -0.273 e. The molecule has 2 aromatic carbocycles. The molecule has 0 saturated carbocycles. The molecule has 5 nitrogen and oxygen atoms in total. The first-order valence-electron chi connectivity index (χ1n) is 7.23. The lowest BCUT2D eigenvalue weighted by Gasteiger charge is -2.29. The Labute approximate surface area is 138 Å². The summed E-state index contributed by atoms with van der Waals surface area (Å²) in [5.41, 5.74) is 2.62. The van der Waals surface area contributed by atoms with Crippen LogP contribution in [0.15, 0.2) is 64.8 Å². The summed E-state index contributed by atoms with van der Waals surface area (Å²) in [7, 11) is 0. The minimum atomic E-state index is -0.425. The van der Waals surface area contributed by atoms with E-state index >= 15 is 0 Å². The summed E-state index contributed by atoms with van der Waals surface area (Å²) in [5.74, 6) is 0.485. The van der Waals surface area contributed by atoms with Crippen LogP contribution in [0.1, 0.15) is 29.8 Å². The van der Waals surface area contributed by atoms with E-state index in [0.717, 1.165) is 16.7 Å². The lowest BCUT2D eigenvalue weighted by molar-refractivity contribution is -0.132. The Bertz CT molecular complexity index is 847. The molecule has 0 saturated heterocycles. The maximum Gasteiger partial charge on any atom is 0.241 e. The molecule has 2 heterocycles. The SMILES string of the molecule is CC(=O)N1N=C2c3ccccc3C(Cl)=NN2C1c1ccccc1. The number of carbonyl (C=O) groups excluding carboxylic acids is 1. The fraction of sp³-hybridized carbons (Fsp3) is 0.118. The monoisotopic (exact) mass is 324 g/mol. The molecule has 0 N–H and O–H groups in total. The van der Waals surface area contributed by atoms with Crippen LogP contribution >= 0.6 is 11.6 Å². The van der Waals surface area contributed by atoms with Gasteiger partial charge in [0, 0.05) is 18.1 Å². The van der Waals surface area contributed by atoms with Gasteiger partial charge >= 0.3 is 0 Å². The van der Waals surface area contributed by atoms with Gasteiger partial charge in [-0.2, -0.15) is 5.10 Å². The van der Waals surface area contributed by atoms with Crippen molar-refractivity contribution < 1.29 is 4.79 Å². The van der Waals surface area contributed by atoms with Gasteiger partial charge in [0.25, 0.3) is 0 Å². The average molecular weight is 325 g/mol. The second kappa shape index (κ2) is 5.21. The molecule has 0 fully saturated rings. The van der Waals surface area contributed by atoms with Gasteiger partial charge in [0.2, 0.25) is 5.91 Å². The molecule has 4 rings (SSSR count). The summed E-state index contributed by atoms with van der Waals surface area (Å²) in [4.78, 5) is 12.1. The highest BCUT2D eigenvalue weighted by Crippen LogP contribution is 2.37. The number of amides is 1. The minimum absolute atomic E-state index is 0.149. The smallest absolute Gasteiger partial charge is 0.241 e. The lowest BCUT2D eigenvalue weighted by atomic mass is 10.1. The molecule has 6 heteroatoms. The first kappa shape index (κ1) is 14.0. The van der Waals surface area contributed by atoms with E-state index in [2.05, 4.69) is 10.2 Å². The standard InChI is InChI=1S/C17H13ClN4O/c1-11(23)21-17(12-7-3-2-4-8-12)22-16(20-21)14-10-6-5-9-13(14)15(18)19-22/h2-10,17H,1H3. The molecular weight excluding hydrogens is 312 g/mol. The maximum absolute atomic E-state index is 12.1. The molecule has 0 spiro atoms. The van der Waals surface area contributed by atoms with Crippen molar-refractivity contribution in [1.82, 2.24) is 10.0 Å². The molecule has 0 bridgehead atoms. The van der Waals surface area contributed by atoms with Crippen molar-refractivity contribution in [3.05, 3.63) is 71.3 Å². The topological polar surface area (TPSA) is 48.3 Å². The van der Waals surface area contributed by atoms with E-state index in [4.69, 9.17) is 11.6 Å². The zero-order valence-electron chi connectivity index (χ0n) is 12.3. The van der Waals surface area contributed by atoms with Crippen LogP contribution in [0.4, 0.5) is 0 Å². The van der Waals surface area contributed by atoms with Crippen LogP contribution in [-0.2, 0) is 4.79 Å². The third-order valence-corrected chi connectivity index (χ3v) is 4.17. The number of hydrazone groups is 2. The Morgan fingerprint density at radius 2 is 1.65 bits per heavy atom. The molecule has 2 aliphatic rings. The van der Waals surface area contributed by atoms with Crippen molar-refractivity contribution in [2.75, 3.05) is 0 Å². The predicted octanol–water partition coefficient (Wildman–Crippen LogP) is 3.13. The Morgan fingerprint density at radius 1 is 1.00 bits per heavy atom. The number of hydrogen-bond donors (Lipinski definition) is 0. The molecule has 1 amide bonds. The van der Waals surface area contributed by atoms with Crippen LogP contribution < -0.4 is 0 Å². The van der Waals surface area contributed by atoms with Crippen LogP contribution in [0.5, 0.6) is 0 Å². The molecule has 1 unspecified atom stereocenters. The van der Waals surface area contributed by atoms with E-state index in [9.17, 15) is 4.79 Å². The molecule has 2 aliphatic heterocycles. The highest BCUT2D eigenvalue weighted by Gasteiger charge is 2.41. The second-order valence-corrected chi connectivity index (χ2v) is 5.71. The third-order valence-electron chi connectivity index (χ3n) is 3.89. The molecule has 114 valence electrons. The summed E-state index contributed by atoms with van der Waals surface area (Å²) in [6.07, 6.45) is -0.425. The summed E-state index contributed by atoms with van der Waals surface area (Å²) in [6, 6.07) is 17.3. The van der Waals surface area contributed by atoms with Crippen LogP contribution in [0, 0.1) is 0 Å². The van der Waals surface area contributed by atoms with Crippen LogP contribution in [0.3, 0.4) is 0 Å². The molecule has 1 atom stereocenters. The number of carbonyl (C=O) groups is 1. The number of rotatable bonds is 1. The van der Waals surface area contributed by atoms with Crippen molar-refractivity contribution in [2.24, 2.45) is 10.2 Å². The predicted molar refractivity (Wildman–Crippen MR) is 88.9 cm³/mol. The van der Waals surface area contributed by atoms with Gasteiger partial charge in [-0.15, -0.1) is 5.10 Å². The van der Waals surface area contributed by atoms with Gasteiger partial charge in [-0.05, 0) is 5.56 Å². The summed E-state index contributed by atoms with van der Waals surface area (Å²) in [5, 5.41) is 12.5. The quantitative estimate of drug-likeness (QED) is 0.809. The van der Waals surface area contributed by atoms with Gasteiger partial charge in [0.05, 0.1) is 0 Å². The molecule has 0 aliphatic carbocycles. The maximum atomic E-state index is 12.1. The van der Waals surface area contributed by atoms with Gasteiger partial charge < -0.3 is 0 Å². The Kier molecular flexibility index (Phi) is 3.16. The zero-order chi connectivity index (χ0) is 16.0. The third kappa shape index (κ3) is 2.12. The van der Waals surface area contributed by atoms with E-state index in [-0.39, 0.29) is 5.91 Å². The fourth-order valence-electron chi connectivity index (χ4n) is 2.86. The number of hydrogen-bond acceptors (Lipinski definition) is 4. The number of amidine groups is 1. The van der Waals surface area contributed by atoms with Crippen LogP contribution in [-0.4, -0.2) is 26.9 Å². The van der Waals surface area contributed by atoms with Crippen molar-refractivity contribution in [3.63, 3.8) is 0 Å². The number of fused-ring (bicyclic) bond motifs is 3. The number of nitrogens with zero attached hydrogens (tertiary/aromatic N) is 4. The van der Waals surface area contributed by atoms with E-state index in [1.165, 1.54) is 11.9 Å². The fourth-order valence-corrected chi connectivity index (χ4v) is 3.10. The van der Waals surface area contributed by atoms with Gasteiger partial charge in [-0.1, -0.05) is 66.2 Å². The number of benzene rings is 2. The average Bonchev–Trinajstić information content (AvgIpc) is 2.96. The highest BCUT2D eigenvalue weighted by atomic mass is 35.5. The van der Waals surface area contributed by atoms with E-state index < -0.39 is 6.17 Å². The molecule has 0 aromatic heterocycles. The van der Waals surface area contributed by atoms with E-state index in [1.54, 1.807) is 5.01 Å². The zero-order valence-corrected chi connectivity index (χ0v) is 13.1. The van der Waals surface area contributed by atoms with Crippen molar-refractivity contribution in [3.8, 4) is 0 Å². The van der Waals surface area contributed by atoms with Gasteiger partial charge in [0.1, 0.15) is 0 Å². The van der Waals surface area contributed by atoms with Gasteiger partial charge in [-0.3, -0.25) is 4.79 Å². The Morgan fingerprint density at radius 3 is 2.35 bits per heavy atom. The molecule has 23 heavy (non-hydrogen) atoms. The Balaban J connectivity index is 1.89. The molecule has 2 aromatic rings. The van der Waals surface area contributed by atoms with Gasteiger partial charge in [-0.25, -0.2) is 10.0 Å². The Hall–Kier alpha value is -2.66. The largest absolute Gasteiger partial charge is 0.273 e. The van der Waals surface area contributed by atoms with Crippen LogP contribution in [0.2, 0.25) is 0 Å². The lowest BCUT2D eigenvalue weighted by Crippen LogP contribution is -2.36. The number of halogens is 1. The van der Waals surface area contributed by atoms with Crippen molar-refractivity contribution >= 4 is 28.5 Å². The highest BCUT2D eigenvalue weighted by molar-refractivity contribution is 6.70. The normalized spacial score (nSPS) is 19.0. The van der Waals surface area contributed by atoms with E-state index in [0.29, 0.717) is 11.0 Å².